The van der Waals surface area contributed by atoms with E-state index in [1.54, 1.807) is 24.3 Å². The van der Waals surface area contributed by atoms with Gasteiger partial charge in [-0.25, -0.2) is 4.98 Å². The van der Waals surface area contributed by atoms with E-state index in [0.29, 0.717) is 16.5 Å². The Morgan fingerprint density at radius 2 is 2.20 bits per heavy atom. The van der Waals surface area contributed by atoms with Crippen molar-refractivity contribution in [1.29, 1.82) is 5.26 Å². The van der Waals surface area contributed by atoms with Crippen molar-refractivity contribution < 1.29 is 4.74 Å². The normalized spacial score (nSPS) is 16.3. The number of ether oxygens (including phenoxy) is 1. The van der Waals surface area contributed by atoms with Crippen molar-refractivity contribution >= 4 is 22.6 Å². The summed E-state index contributed by atoms with van der Waals surface area (Å²) in [6.07, 6.45) is 2.75. The molecule has 0 radical (unpaired) electrons. The largest absolute Gasteiger partial charge is 0.490 e. The highest BCUT2D eigenvalue weighted by Gasteiger charge is 2.18. The van der Waals surface area contributed by atoms with Crippen LogP contribution in [0.25, 0.3) is 22.6 Å². The molecule has 4 rings (SSSR count). The average Bonchev–Trinajstić information content (AvgIpc) is 2.99. The first-order valence-corrected chi connectivity index (χ1v) is 8.05. The summed E-state index contributed by atoms with van der Waals surface area (Å²) in [5.74, 6) is 1.16. The number of para-hydroxylation sites is 1. The number of allylic oxidation sites excluding steroid dienone is 1. The molecule has 0 spiro atoms. The Morgan fingerprint density at radius 1 is 1.36 bits per heavy atom. The molecule has 1 aliphatic heterocycles. The molecule has 3 aromatic rings. The summed E-state index contributed by atoms with van der Waals surface area (Å²) in [6, 6.07) is 15.0. The lowest BCUT2D eigenvalue weighted by atomic mass is 10.0. The minimum Gasteiger partial charge on any atom is -0.490 e. The zero-order valence-electron chi connectivity index (χ0n) is 13.6. The van der Waals surface area contributed by atoms with Gasteiger partial charge in [-0.2, -0.15) is 5.26 Å². The van der Waals surface area contributed by atoms with Gasteiger partial charge in [0.15, 0.2) is 5.82 Å². The average molecular weight is 329 g/mol. The van der Waals surface area contributed by atoms with Crippen LogP contribution in [-0.2, 0) is 6.42 Å². The van der Waals surface area contributed by atoms with Crippen LogP contribution < -0.4 is 10.3 Å². The predicted molar refractivity (Wildman–Crippen MR) is 96.1 cm³/mol. The Bertz CT molecular complexity index is 1110. The van der Waals surface area contributed by atoms with Crippen molar-refractivity contribution in [2.75, 3.05) is 0 Å². The minimum atomic E-state index is -0.252. The van der Waals surface area contributed by atoms with Gasteiger partial charge in [0.1, 0.15) is 17.9 Å². The number of nitrogens with zero attached hydrogens (tertiary/aromatic N) is 2. The maximum atomic E-state index is 12.2. The molecule has 2 aromatic carbocycles. The van der Waals surface area contributed by atoms with E-state index < -0.39 is 0 Å². The molecule has 5 heteroatoms. The van der Waals surface area contributed by atoms with Crippen LogP contribution in [0.5, 0.6) is 5.75 Å². The van der Waals surface area contributed by atoms with E-state index in [4.69, 9.17) is 4.74 Å². The number of aromatic nitrogens is 2. The summed E-state index contributed by atoms with van der Waals surface area (Å²) in [5, 5.41) is 10.0. The van der Waals surface area contributed by atoms with E-state index in [-0.39, 0.29) is 17.5 Å². The summed E-state index contributed by atoms with van der Waals surface area (Å²) in [6.45, 7) is 2.03. The van der Waals surface area contributed by atoms with Gasteiger partial charge in [-0.15, -0.1) is 0 Å². The van der Waals surface area contributed by atoms with Gasteiger partial charge in [0.2, 0.25) is 0 Å². The smallest absolute Gasteiger partial charge is 0.259 e. The first kappa shape index (κ1) is 15.2. The second kappa shape index (κ2) is 5.91. The van der Waals surface area contributed by atoms with E-state index in [0.717, 1.165) is 23.3 Å². The van der Waals surface area contributed by atoms with Crippen molar-refractivity contribution in [3.8, 4) is 11.8 Å². The monoisotopic (exact) mass is 329 g/mol. The summed E-state index contributed by atoms with van der Waals surface area (Å²) >= 11 is 0. The Kier molecular flexibility index (Phi) is 3.58. The molecular formula is C20H15N3O2. The number of H-pyrrole nitrogens is 1. The van der Waals surface area contributed by atoms with Crippen LogP contribution >= 0.6 is 0 Å². The van der Waals surface area contributed by atoms with E-state index in [9.17, 15) is 10.1 Å². The number of hydrogen-bond donors (Lipinski definition) is 1. The van der Waals surface area contributed by atoms with Crippen molar-refractivity contribution in [1.82, 2.24) is 9.97 Å². The SMILES string of the molecule is CC1Cc2cc(C=C(C#N)c3nc4ccccc4c(=O)[nH]3)ccc2O1. The lowest BCUT2D eigenvalue weighted by Gasteiger charge is -2.04. The number of rotatable bonds is 2. The van der Waals surface area contributed by atoms with Crippen LogP contribution in [0.1, 0.15) is 23.9 Å². The first-order valence-electron chi connectivity index (χ1n) is 8.05. The van der Waals surface area contributed by atoms with Crippen molar-refractivity contribution in [3.63, 3.8) is 0 Å². The Hall–Kier alpha value is -3.39. The fraction of sp³-hybridized carbons (Fsp3) is 0.150. The third-order valence-electron chi connectivity index (χ3n) is 4.22. The lowest BCUT2D eigenvalue weighted by Crippen LogP contribution is -2.11. The van der Waals surface area contributed by atoms with Crippen molar-refractivity contribution in [2.45, 2.75) is 19.4 Å². The number of nitrogens with one attached hydrogen (secondary N) is 1. The van der Waals surface area contributed by atoms with E-state index in [2.05, 4.69) is 16.0 Å². The topological polar surface area (TPSA) is 78.8 Å². The molecule has 2 heterocycles. The van der Waals surface area contributed by atoms with Crippen LogP contribution in [0.4, 0.5) is 0 Å². The van der Waals surface area contributed by atoms with Gasteiger partial charge in [-0.05, 0) is 48.4 Å². The molecule has 0 amide bonds. The standard InChI is InChI=1S/C20H15N3O2/c1-12-8-14-9-13(6-7-18(14)25-12)10-15(11-21)19-22-17-5-3-2-4-16(17)20(24)23-19/h2-7,9-10,12H,8H2,1H3,(H,22,23,24). The molecule has 0 aliphatic carbocycles. The second-order valence-electron chi connectivity index (χ2n) is 6.10. The lowest BCUT2D eigenvalue weighted by molar-refractivity contribution is 0.254. The van der Waals surface area contributed by atoms with Gasteiger partial charge in [0.05, 0.1) is 16.5 Å². The highest BCUT2D eigenvalue weighted by Crippen LogP contribution is 2.30. The molecule has 25 heavy (non-hydrogen) atoms. The maximum Gasteiger partial charge on any atom is 0.259 e. The van der Waals surface area contributed by atoms with Crippen molar-refractivity contribution in [2.24, 2.45) is 0 Å². The summed E-state index contributed by atoms with van der Waals surface area (Å²) in [4.78, 5) is 19.3. The van der Waals surface area contributed by atoms with Gasteiger partial charge < -0.3 is 9.72 Å². The summed E-state index contributed by atoms with van der Waals surface area (Å²) in [7, 11) is 0. The summed E-state index contributed by atoms with van der Waals surface area (Å²) in [5.41, 5.74) is 2.63. The number of hydrogen-bond acceptors (Lipinski definition) is 4. The van der Waals surface area contributed by atoms with Crippen molar-refractivity contribution in [3.05, 3.63) is 69.8 Å². The quantitative estimate of drug-likeness (QED) is 0.732. The molecule has 122 valence electrons. The number of fused-ring (bicyclic) bond motifs is 2. The second-order valence-corrected chi connectivity index (χ2v) is 6.10. The molecule has 1 aromatic heterocycles. The van der Waals surface area contributed by atoms with Crippen LogP contribution in [0.3, 0.4) is 0 Å². The molecular weight excluding hydrogens is 314 g/mol. The number of aromatic amines is 1. The third kappa shape index (κ3) is 2.79. The molecule has 1 aliphatic rings. The molecule has 0 saturated heterocycles. The highest BCUT2D eigenvalue weighted by molar-refractivity contribution is 5.89. The number of benzene rings is 2. The fourth-order valence-corrected chi connectivity index (χ4v) is 3.07. The zero-order chi connectivity index (χ0) is 17.4. The van der Waals surface area contributed by atoms with Crippen LogP contribution in [-0.4, -0.2) is 16.1 Å². The molecule has 0 fully saturated rings. The molecule has 5 nitrogen and oxygen atoms in total. The van der Waals surface area contributed by atoms with Crippen LogP contribution in [0, 0.1) is 11.3 Å². The molecule has 0 bridgehead atoms. The molecule has 1 atom stereocenters. The Balaban J connectivity index is 1.79. The van der Waals surface area contributed by atoms with E-state index in [1.165, 1.54) is 0 Å². The first-order chi connectivity index (χ1) is 12.1. The van der Waals surface area contributed by atoms with E-state index in [1.807, 2.05) is 31.2 Å². The van der Waals surface area contributed by atoms with Crippen LogP contribution in [0.15, 0.2) is 47.3 Å². The van der Waals surface area contributed by atoms with Crippen LogP contribution in [0.2, 0.25) is 0 Å². The third-order valence-corrected chi connectivity index (χ3v) is 4.22. The fourth-order valence-electron chi connectivity index (χ4n) is 3.07. The van der Waals surface area contributed by atoms with Gasteiger partial charge in [0, 0.05) is 6.42 Å². The summed E-state index contributed by atoms with van der Waals surface area (Å²) < 4.78 is 5.70. The number of nitriles is 1. The van der Waals surface area contributed by atoms with Gasteiger partial charge >= 0.3 is 0 Å². The molecule has 1 unspecified atom stereocenters. The molecule has 1 N–H and O–H groups in total. The molecule has 0 saturated carbocycles. The van der Waals surface area contributed by atoms with Gasteiger partial charge in [-0.1, -0.05) is 18.2 Å². The predicted octanol–water partition coefficient (Wildman–Crippen LogP) is 3.31. The minimum absolute atomic E-state index is 0.170. The van der Waals surface area contributed by atoms with E-state index >= 15 is 0 Å². The maximum absolute atomic E-state index is 12.2. The highest BCUT2D eigenvalue weighted by atomic mass is 16.5. The van der Waals surface area contributed by atoms with Gasteiger partial charge in [0.25, 0.3) is 5.56 Å². The Labute approximate surface area is 144 Å². The Morgan fingerprint density at radius 3 is 3.04 bits per heavy atom. The van der Waals surface area contributed by atoms with Gasteiger partial charge in [-0.3, -0.25) is 4.79 Å². The zero-order valence-corrected chi connectivity index (χ0v) is 13.6.